The largest absolute Gasteiger partial charge is 0.489 e. The fourth-order valence-corrected chi connectivity index (χ4v) is 2.31. The molecule has 110 valence electrons. The molecule has 3 heteroatoms. The van der Waals surface area contributed by atoms with Crippen molar-refractivity contribution in [1.82, 2.24) is 4.98 Å². The number of anilines is 1. The van der Waals surface area contributed by atoms with Gasteiger partial charge in [-0.2, -0.15) is 0 Å². The number of benzene rings is 2. The molecule has 0 radical (unpaired) electrons. The molecule has 0 bridgehead atoms. The van der Waals surface area contributed by atoms with Crippen molar-refractivity contribution >= 4 is 5.82 Å². The third-order valence-corrected chi connectivity index (χ3v) is 3.47. The van der Waals surface area contributed by atoms with Crippen molar-refractivity contribution in [3.8, 4) is 5.75 Å². The lowest BCUT2D eigenvalue weighted by atomic mass is 10.1. The van der Waals surface area contributed by atoms with E-state index in [4.69, 9.17) is 10.5 Å². The molecule has 0 spiro atoms. The molecule has 0 saturated carbocycles. The first-order chi connectivity index (χ1) is 10.8. The van der Waals surface area contributed by atoms with Crippen LogP contribution in [0.1, 0.15) is 16.7 Å². The number of aromatic nitrogens is 1. The van der Waals surface area contributed by atoms with Gasteiger partial charge in [0.15, 0.2) is 0 Å². The maximum atomic E-state index is 5.90. The van der Waals surface area contributed by atoms with Crippen molar-refractivity contribution in [2.75, 3.05) is 5.73 Å². The van der Waals surface area contributed by atoms with E-state index < -0.39 is 0 Å². The van der Waals surface area contributed by atoms with E-state index in [1.165, 1.54) is 0 Å². The van der Waals surface area contributed by atoms with Crippen LogP contribution in [-0.2, 0) is 13.0 Å². The van der Waals surface area contributed by atoms with Gasteiger partial charge >= 0.3 is 0 Å². The number of rotatable bonds is 5. The Hall–Kier alpha value is -2.81. The summed E-state index contributed by atoms with van der Waals surface area (Å²) in [7, 11) is 0. The van der Waals surface area contributed by atoms with E-state index in [9.17, 15) is 0 Å². The van der Waals surface area contributed by atoms with Crippen LogP contribution in [-0.4, -0.2) is 4.98 Å². The SMILES string of the molecule is Nc1ncccc1Cc1cccc(OCc2ccccc2)c1. The van der Waals surface area contributed by atoms with E-state index in [2.05, 4.69) is 29.2 Å². The molecular weight excluding hydrogens is 272 g/mol. The number of nitrogen functional groups attached to an aromatic ring is 1. The fourth-order valence-electron chi connectivity index (χ4n) is 2.31. The number of nitrogens with two attached hydrogens (primary N) is 1. The molecule has 3 aromatic rings. The second-order valence-electron chi connectivity index (χ2n) is 5.15. The van der Waals surface area contributed by atoms with Gasteiger partial charge in [0.25, 0.3) is 0 Å². The van der Waals surface area contributed by atoms with Gasteiger partial charge < -0.3 is 10.5 Å². The molecule has 0 saturated heterocycles. The van der Waals surface area contributed by atoms with Crippen LogP contribution >= 0.6 is 0 Å². The Kier molecular flexibility index (Phi) is 4.35. The molecule has 1 heterocycles. The van der Waals surface area contributed by atoms with E-state index in [0.29, 0.717) is 12.4 Å². The van der Waals surface area contributed by atoms with Crippen LogP contribution in [0.2, 0.25) is 0 Å². The molecule has 2 aromatic carbocycles. The second kappa shape index (κ2) is 6.76. The van der Waals surface area contributed by atoms with Crippen LogP contribution in [0.4, 0.5) is 5.82 Å². The second-order valence-corrected chi connectivity index (χ2v) is 5.15. The Labute approximate surface area is 130 Å². The Morgan fingerprint density at radius 1 is 0.864 bits per heavy atom. The van der Waals surface area contributed by atoms with Gasteiger partial charge in [0.1, 0.15) is 18.2 Å². The van der Waals surface area contributed by atoms with Crippen LogP contribution in [0.15, 0.2) is 72.9 Å². The minimum atomic E-state index is 0.569. The van der Waals surface area contributed by atoms with E-state index in [0.717, 1.165) is 28.9 Å². The number of hydrogen-bond donors (Lipinski definition) is 1. The van der Waals surface area contributed by atoms with Crippen molar-refractivity contribution in [2.24, 2.45) is 0 Å². The average Bonchev–Trinajstić information content (AvgIpc) is 2.57. The highest BCUT2D eigenvalue weighted by atomic mass is 16.5. The molecule has 0 amide bonds. The average molecular weight is 290 g/mol. The zero-order chi connectivity index (χ0) is 15.2. The summed E-state index contributed by atoms with van der Waals surface area (Å²) in [5.74, 6) is 1.45. The zero-order valence-electron chi connectivity index (χ0n) is 12.3. The van der Waals surface area contributed by atoms with Gasteiger partial charge in [-0.15, -0.1) is 0 Å². The van der Waals surface area contributed by atoms with Gasteiger partial charge in [-0.25, -0.2) is 4.98 Å². The van der Waals surface area contributed by atoms with Gasteiger partial charge in [0, 0.05) is 12.6 Å². The van der Waals surface area contributed by atoms with Crippen LogP contribution in [0.5, 0.6) is 5.75 Å². The lowest BCUT2D eigenvalue weighted by Gasteiger charge is -2.09. The van der Waals surface area contributed by atoms with Crippen molar-refractivity contribution < 1.29 is 4.74 Å². The van der Waals surface area contributed by atoms with Crippen molar-refractivity contribution in [3.63, 3.8) is 0 Å². The molecule has 3 nitrogen and oxygen atoms in total. The molecule has 3 rings (SSSR count). The fraction of sp³-hybridized carbons (Fsp3) is 0.105. The Bertz CT molecular complexity index is 741. The monoisotopic (exact) mass is 290 g/mol. The van der Waals surface area contributed by atoms with Gasteiger partial charge in [0.2, 0.25) is 0 Å². The summed E-state index contributed by atoms with van der Waals surface area (Å²) in [6.07, 6.45) is 2.46. The first-order valence-corrected chi connectivity index (χ1v) is 7.26. The molecular formula is C19H18N2O. The molecule has 2 N–H and O–H groups in total. The first-order valence-electron chi connectivity index (χ1n) is 7.26. The van der Waals surface area contributed by atoms with Crippen LogP contribution < -0.4 is 10.5 Å². The predicted octanol–water partition coefficient (Wildman–Crippen LogP) is 3.83. The Morgan fingerprint density at radius 3 is 2.50 bits per heavy atom. The summed E-state index contributed by atoms with van der Waals surface area (Å²) in [5.41, 5.74) is 9.24. The molecule has 0 aliphatic carbocycles. The van der Waals surface area contributed by atoms with Crippen molar-refractivity contribution in [3.05, 3.63) is 89.6 Å². The van der Waals surface area contributed by atoms with Gasteiger partial charge in [-0.05, 0) is 34.9 Å². The third-order valence-electron chi connectivity index (χ3n) is 3.47. The highest BCUT2D eigenvalue weighted by molar-refractivity contribution is 5.43. The molecule has 0 fully saturated rings. The maximum absolute atomic E-state index is 5.90. The first kappa shape index (κ1) is 14.1. The zero-order valence-corrected chi connectivity index (χ0v) is 12.3. The summed E-state index contributed by atoms with van der Waals surface area (Å²) in [6, 6.07) is 22.1. The van der Waals surface area contributed by atoms with Gasteiger partial charge in [-0.3, -0.25) is 0 Å². The lowest BCUT2D eigenvalue weighted by molar-refractivity contribution is 0.306. The Morgan fingerprint density at radius 2 is 1.68 bits per heavy atom. The van der Waals surface area contributed by atoms with Crippen LogP contribution in [0, 0.1) is 0 Å². The van der Waals surface area contributed by atoms with Crippen LogP contribution in [0.25, 0.3) is 0 Å². The quantitative estimate of drug-likeness (QED) is 0.776. The topological polar surface area (TPSA) is 48.1 Å². The third kappa shape index (κ3) is 3.64. The number of ether oxygens (including phenoxy) is 1. The number of hydrogen-bond acceptors (Lipinski definition) is 3. The minimum Gasteiger partial charge on any atom is -0.489 e. The molecule has 1 aromatic heterocycles. The number of nitrogens with zero attached hydrogens (tertiary/aromatic N) is 1. The summed E-state index contributed by atoms with van der Waals surface area (Å²) in [4.78, 5) is 4.12. The lowest BCUT2D eigenvalue weighted by Crippen LogP contribution is -1.99. The standard InChI is InChI=1S/C19H18N2O/c20-19-17(9-5-11-21-19)12-16-8-4-10-18(13-16)22-14-15-6-2-1-3-7-15/h1-11,13H,12,14H2,(H2,20,21). The predicted molar refractivity (Wildman–Crippen MR) is 88.7 cm³/mol. The summed E-state index contributed by atoms with van der Waals surface area (Å²) < 4.78 is 5.85. The van der Waals surface area contributed by atoms with Crippen molar-refractivity contribution in [1.29, 1.82) is 0 Å². The number of pyridine rings is 1. The van der Waals surface area contributed by atoms with Gasteiger partial charge in [-0.1, -0.05) is 48.5 Å². The van der Waals surface area contributed by atoms with E-state index >= 15 is 0 Å². The highest BCUT2D eigenvalue weighted by Crippen LogP contribution is 2.19. The van der Waals surface area contributed by atoms with Gasteiger partial charge in [0.05, 0.1) is 0 Å². The summed E-state index contributed by atoms with van der Waals surface area (Å²) in [6.45, 7) is 0.569. The minimum absolute atomic E-state index is 0.569. The highest BCUT2D eigenvalue weighted by Gasteiger charge is 2.03. The molecule has 0 unspecified atom stereocenters. The van der Waals surface area contributed by atoms with Crippen LogP contribution in [0.3, 0.4) is 0 Å². The van der Waals surface area contributed by atoms with E-state index in [1.807, 2.05) is 42.5 Å². The Balaban J connectivity index is 1.69. The summed E-state index contributed by atoms with van der Waals surface area (Å²) >= 11 is 0. The summed E-state index contributed by atoms with van der Waals surface area (Å²) in [5, 5.41) is 0. The van der Waals surface area contributed by atoms with E-state index in [-0.39, 0.29) is 0 Å². The maximum Gasteiger partial charge on any atom is 0.126 e. The van der Waals surface area contributed by atoms with Crippen molar-refractivity contribution in [2.45, 2.75) is 13.0 Å². The van der Waals surface area contributed by atoms with E-state index in [1.54, 1.807) is 6.20 Å². The molecule has 0 aliphatic rings. The normalized spacial score (nSPS) is 10.4. The molecule has 0 atom stereocenters. The smallest absolute Gasteiger partial charge is 0.126 e. The molecule has 22 heavy (non-hydrogen) atoms. The molecule has 0 aliphatic heterocycles.